The van der Waals surface area contributed by atoms with E-state index in [4.69, 9.17) is 0 Å². The van der Waals surface area contributed by atoms with Gasteiger partial charge in [-0.2, -0.15) is 5.10 Å². The van der Waals surface area contributed by atoms with Gasteiger partial charge in [-0.05, 0) is 0 Å². The second-order valence-corrected chi connectivity index (χ2v) is 3.45. The molecule has 0 bridgehead atoms. The third kappa shape index (κ3) is 1.39. The Morgan fingerprint density at radius 3 is 2.93 bits per heavy atom. The summed E-state index contributed by atoms with van der Waals surface area (Å²) in [5.74, 6) is 0.0466. The summed E-state index contributed by atoms with van der Waals surface area (Å²) in [4.78, 5) is 11.4. The zero-order chi connectivity index (χ0) is 10.1. The SMILES string of the molecule is COC(=O)c1nn(C)cc1C1CNC1. The summed E-state index contributed by atoms with van der Waals surface area (Å²) in [7, 11) is 3.18. The highest BCUT2D eigenvalue weighted by atomic mass is 16.5. The molecule has 0 spiro atoms. The van der Waals surface area contributed by atoms with Gasteiger partial charge in [-0.3, -0.25) is 4.68 Å². The third-order valence-electron chi connectivity index (χ3n) is 2.46. The van der Waals surface area contributed by atoms with Crippen molar-refractivity contribution in [1.82, 2.24) is 15.1 Å². The fourth-order valence-corrected chi connectivity index (χ4v) is 1.57. The molecule has 0 saturated carbocycles. The van der Waals surface area contributed by atoms with Crippen molar-refractivity contribution in [2.24, 2.45) is 7.05 Å². The van der Waals surface area contributed by atoms with Gasteiger partial charge in [0.1, 0.15) is 0 Å². The van der Waals surface area contributed by atoms with Crippen LogP contribution in [-0.2, 0) is 11.8 Å². The number of methoxy groups -OCH3 is 1. The average Bonchev–Trinajstić information content (AvgIpc) is 2.43. The number of aromatic nitrogens is 2. The van der Waals surface area contributed by atoms with Crippen molar-refractivity contribution >= 4 is 5.97 Å². The van der Waals surface area contributed by atoms with E-state index in [2.05, 4.69) is 15.2 Å². The molecule has 1 aliphatic heterocycles. The van der Waals surface area contributed by atoms with Gasteiger partial charge in [0.25, 0.3) is 0 Å². The Bertz CT molecular complexity index is 355. The number of ether oxygens (including phenoxy) is 1. The molecule has 1 saturated heterocycles. The molecule has 1 fully saturated rings. The summed E-state index contributed by atoms with van der Waals surface area (Å²) in [6.07, 6.45) is 1.89. The molecule has 0 amide bonds. The van der Waals surface area contributed by atoms with Crippen molar-refractivity contribution in [3.63, 3.8) is 0 Å². The summed E-state index contributed by atoms with van der Waals surface area (Å²) < 4.78 is 6.33. The van der Waals surface area contributed by atoms with Crippen LogP contribution in [0.25, 0.3) is 0 Å². The van der Waals surface area contributed by atoms with E-state index in [0.29, 0.717) is 11.6 Å². The van der Waals surface area contributed by atoms with Crippen LogP contribution in [0.3, 0.4) is 0 Å². The minimum Gasteiger partial charge on any atom is -0.464 e. The van der Waals surface area contributed by atoms with Gasteiger partial charge in [0, 0.05) is 37.8 Å². The van der Waals surface area contributed by atoms with Crippen LogP contribution in [0.1, 0.15) is 22.0 Å². The molecule has 0 radical (unpaired) electrons. The smallest absolute Gasteiger partial charge is 0.358 e. The number of hydrogen-bond acceptors (Lipinski definition) is 4. The number of aryl methyl sites for hydroxylation is 1. The molecule has 0 aromatic carbocycles. The van der Waals surface area contributed by atoms with Crippen LogP contribution in [0.5, 0.6) is 0 Å². The van der Waals surface area contributed by atoms with Gasteiger partial charge in [0.15, 0.2) is 5.69 Å². The molecular weight excluding hydrogens is 182 g/mol. The first-order valence-electron chi connectivity index (χ1n) is 4.55. The van der Waals surface area contributed by atoms with Crippen molar-refractivity contribution in [3.05, 3.63) is 17.5 Å². The lowest BCUT2D eigenvalue weighted by molar-refractivity contribution is 0.0591. The van der Waals surface area contributed by atoms with E-state index in [-0.39, 0.29) is 5.97 Å². The largest absolute Gasteiger partial charge is 0.464 e. The van der Waals surface area contributed by atoms with E-state index in [1.165, 1.54) is 7.11 Å². The normalized spacial score (nSPS) is 16.4. The Labute approximate surface area is 82.0 Å². The van der Waals surface area contributed by atoms with Gasteiger partial charge in [-0.1, -0.05) is 0 Å². The first-order valence-corrected chi connectivity index (χ1v) is 4.55. The molecule has 1 N–H and O–H groups in total. The van der Waals surface area contributed by atoms with Crippen LogP contribution in [0.4, 0.5) is 0 Å². The van der Waals surface area contributed by atoms with Gasteiger partial charge >= 0.3 is 5.97 Å². The van der Waals surface area contributed by atoms with Gasteiger partial charge in [0.2, 0.25) is 0 Å². The van der Waals surface area contributed by atoms with Gasteiger partial charge < -0.3 is 10.1 Å². The monoisotopic (exact) mass is 195 g/mol. The second kappa shape index (κ2) is 3.42. The maximum Gasteiger partial charge on any atom is 0.358 e. The van der Waals surface area contributed by atoms with Crippen LogP contribution in [0.2, 0.25) is 0 Å². The molecule has 2 heterocycles. The Morgan fingerprint density at radius 2 is 2.43 bits per heavy atom. The lowest BCUT2D eigenvalue weighted by Crippen LogP contribution is -2.40. The molecule has 1 aromatic heterocycles. The fourth-order valence-electron chi connectivity index (χ4n) is 1.57. The zero-order valence-electron chi connectivity index (χ0n) is 8.28. The molecular formula is C9H13N3O2. The summed E-state index contributed by atoms with van der Waals surface area (Å²) in [5.41, 5.74) is 1.43. The molecule has 0 aliphatic carbocycles. The van der Waals surface area contributed by atoms with E-state index in [1.807, 2.05) is 13.2 Å². The van der Waals surface area contributed by atoms with E-state index < -0.39 is 0 Å². The zero-order valence-corrected chi connectivity index (χ0v) is 8.28. The van der Waals surface area contributed by atoms with Crippen LogP contribution < -0.4 is 5.32 Å². The summed E-state index contributed by atoms with van der Waals surface area (Å²) in [5, 5.41) is 7.26. The summed E-state index contributed by atoms with van der Waals surface area (Å²) >= 11 is 0. The number of carbonyl (C=O) groups excluding carboxylic acids is 1. The molecule has 5 nitrogen and oxygen atoms in total. The van der Waals surface area contributed by atoms with E-state index in [1.54, 1.807) is 4.68 Å². The highest BCUT2D eigenvalue weighted by Crippen LogP contribution is 2.22. The van der Waals surface area contributed by atoms with Gasteiger partial charge in [-0.25, -0.2) is 4.79 Å². The standard InChI is InChI=1S/C9H13N3O2/c1-12-5-7(6-3-10-4-6)8(11-12)9(13)14-2/h5-6,10H,3-4H2,1-2H3. The molecule has 14 heavy (non-hydrogen) atoms. The minimum absolute atomic E-state index is 0.354. The van der Waals surface area contributed by atoms with Crippen molar-refractivity contribution < 1.29 is 9.53 Å². The molecule has 0 unspecified atom stereocenters. The van der Waals surface area contributed by atoms with Crippen LogP contribution >= 0.6 is 0 Å². The molecule has 5 heteroatoms. The molecule has 1 aromatic rings. The van der Waals surface area contributed by atoms with Crippen LogP contribution in [0, 0.1) is 0 Å². The Kier molecular flexibility index (Phi) is 2.25. The van der Waals surface area contributed by atoms with Crippen molar-refractivity contribution in [2.75, 3.05) is 20.2 Å². The first kappa shape index (κ1) is 9.21. The summed E-state index contributed by atoms with van der Waals surface area (Å²) in [6, 6.07) is 0. The highest BCUT2D eigenvalue weighted by Gasteiger charge is 2.27. The second-order valence-electron chi connectivity index (χ2n) is 3.45. The number of rotatable bonds is 2. The Morgan fingerprint density at radius 1 is 1.71 bits per heavy atom. The van der Waals surface area contributed by atoms with Crippen molar-refractivity contribution in [2.45, 2.75) is 5.92 Å². The lowest BCUT2D eigenvalue weighted by Gasteiger charge is -2.26. The first-order chi connectivity index (χ1) is 6.72. The molecule has 2 rings (SSSR count). The quantitative estimate of drug-likeness (QED) is 0.669. The van der Waals surface area contributed by atoms with Crippen molar-refractivity contribution in [3.8, 4) is 0 Å². The lowest BCUT2D eigenvalue weighted by atomic mass is 9.94. The van der Waals surface area contributed by atoms with E-state index >= 15 is 0 Å². The average molecular weight is 195 g/mol. The molecule has 1 aliphatic rings. The van der Waals surface area contributed by atoms with E-state index in [0.717, 1.165) is 18.7 Å². The predicted molar refractivity (Wildman–Crippen MR) is 50.2 cm³/mol. The topological polar surface area (TPSA) is 56.1 Å². The number of nitrogens with one attached hydrogen (secondary N) is 1. The number of carbonyl (C=O) groups is 1. The Balaban J connectivity index is 2.32. The number of nitrogens with zero attached hydrogens (tertiary/aromatic N) is 2. The predicted octanol–water partition coefficient (Wildman–Crippen LogP) is -0.107. The van der Waals surface area contributed by atoms with Crippen LogP contribution in [-0.4, -0.2) is 35.9 Å². The van der Waals surface area contributed by atoms with Crippen molar-refractivity contribution in [1.29, 1.82) is 0 Å². The molecule has 76 valence electrons. The van der Waals surface area contributed by atoms with Crippen LogP contribution in [0.15, 0.2) is 6.20 Å². The minimum atomic E-state index is -0.354. The molecule has 0 atom stereocenters. The third-order valence-corrected chi connectivity index (χ3v) is 2.46. The Hall–Kier alpha value is -1.36. The van der Waals surface area contributed by atoms with Gasteiger partial charge in [0.05, 0.1) is 7.11 Å². The fraction of sp³-hybridized carbons (Fsp3) is 0.556. The maximum absolute atomic E-state index is 11.4. The highest BCUT2D eigenvalue weighted by molar-refractivity contribution is 5.89. The van der Waals surface area contributed by atoms with Gasteiger partial charge in [-0.15, -0.1) is 0 Å². The number of hydrogen-bond donors (Lipinski definition) is 1. The summed E-state index contributed by atoms with van der Waals surface area (Å²) in [6.45, 7) is 1.82. The van der Waals surface area contributed by atoms with E-state index in [9.17, 15) is 4.79 Å². The maximum atomic E-state index is 11.4. The number of esters is 1.